The van der Waals surface area contributed by atoms with Crippen LogP contribution in [0.2, 0.25) is 0 Å². The highest BCUT2D eigenvalue weighted by Crippen LogP contribution is 2.40. The molecule has 2 aromatic carbocycles. The van der Waals surface area contributed by atoms with E-state index in [1.165, 1.54) is 24.3 Å². The Morgan fingerprint density at radius 2 is 1.71 bits per heavy atom. The fourth-order valence-electron chi connectivity index (χ4n) is 7.60. The molecule has 65 heavy (non-hydrogen) atoms. The lowest BCUT2D eigenvalue weighted by molar-refractivity contribution is -0.141. The molecular weight excluding hydrogens is 852 g/mol. The number of benzene rings is 2. The van der Waals surface area contributed by atoms with E-state index in [0.717, 1.165) is 54.3 Å². The minimum absolute atomic E-state index is 0.0792. The van der Waals surface area contributed by atoms with E-state index in [4.69, 9.17) is 4.42 Å². The van der Waals surface area contributed by atoms with Crippen LogP contribution in [0.5, 0.6) is 0 Å². The van der Waals surface area contributed by atoms with Crippen LogP contribution in [0.3, 0.4) is 0 Å². The number of hydrogen-bond donors (Lipinski definition) is 7. The van der Waals surface area contributed by atoms with Crippen LogP contribution in [0.25, 0.3) is 17.1 Å². The van der Waals surface area contributed by atoms with E-state index in [9.17, 15) is 42.3 Å². The van der Waals surface area contributed by atoms with Crippen molar-refractivity contribution in [2.75, 3.05) is 48.7 Å². The number of oxazole rings is 1. The lowest BCUT2D eigenvalue weighted by atomic mass is 10.0. The third-order valence-electron chi connectivity index (χ3n) is 11.2. The molecule has 7 N–H and O–H groups in total. The Hall–Kier alpha value is -7.13. The van der Waals surface area contributed by atoms with Crippen LogP contribution in [-0.4, -0.2) is 98.1 Å². The first-order valence-electron chi connectivity index (χ1n) is 21.3. The van der Waals surface area contributed by atoms with Crippen molar-refractivity contribution in [3.63, 3.8) is 0 Å². The molecule has 5 aromatic rings. The zero-order valence-corrected chi connectivity index (χ0v) is 34.9. The summed E-state index contributed by atoms with van der Waals surface area (Å²) in [4.78, 5) is 72.6. The Kier molecular flexibility index (Phi) is 13.2. The molecule has 1 saturated heterocycles. The number of aliphatic hydroxyl groups excluding tert-OH is 1. The Morgan fingerprint density at radius 1 is 0.908 bits per heavy atom. The van der Waals surface area contributed by atoms with Crippen LogP contribution in [-0.2, 0) is 15.8 Å². The summed E-state index contributed by atoms with van der Waals surface area (Å²) in [6.45, 7) is 2.97. The number of carbonyl (C=O) groups excluding carboxylic acids is 5. The molecule has 2 fully saturated rings. The summed E-state index contributed by atoms with van der Waals surface area (Å²) in [6.07, 6.45) is 2.31. The highest BCUT2D eigenvalue weighted by Gasteiger charge is 2.45. The molecule has 340 valence electrons. The van der Waals surface area contributed by atoms with E-state index in [0.29, 0.717) is 72.3 Å². The minimum Gasteiger partial charge on any atom is -0.444 e. The van der Waals surface area contributed by atoms with Crippen molar-refractivity contribution in [3.05, 3.63) is 101 Å². The second-order valence-corrected chi connectivity index (χ2v) is 15.9. The number of fused-ring (bicyclic) bond motifs is 1. The number of rotatable bonds is 19. The van der Waals surface area contributed by atoms with E-state index in [1.807, 2.05) is 0 Å². The van der Waals surface area contributed by atoms with Gasteiger partial charge >= 0.3 is 6.18 Å². The van der Waals surface area contributed by atoms with Gasteiger partial charge < -0.3 is 36.1 Å². The molecule has 3 aliphatic rings. The summed E-state index contributed by atoms with van der Waals surface area (Å²) in [5, 5.41) is 31.9. The van der Waals surface area contributed by atoms with Crippen molar-refractivity contribution >= 4 is 46.7 Å². The molecule has 18 nitrogen and oxygen atoms in total. The molecule has 8 rings (SSSR count). The number of imide groups is 1. The molecule has 0 bridgehead atoms. The molecule has 5 heterocycles. The van der Waals surface area contributed by atoms with E-state index in [2.05, 4.69) is 47.0 Å². The maximum Gasteiger partial charge on any atom is 0.437 e. The van der Waals surface area contributed by atoms with Crippen molar-refractivity contribution < 1.29 is 46.7 Å². The highest BCUT2D eigenvalue weighted by molar-refractivity contribution is 6.06. The second-order valence-electron chi connectivity index (χ2n) is 15.9. The van der Waals surface area contributed by atoms with Gasteiger partial charge in [-0.25, -0.2) is 14.6 Å². The number of aromatic nitrogens is 4. The SMILES string of the molecule is O=C1CCC(N2C(=O)c3cccc(NCCNCCCCCNC(=O)c4ccc(-n5cc(NC(=O)c6coc(-c7ccnc(NCC8CC8)c7)n6)c(C(F)(F)F)n5)cc4)c3C2O)C(=O)N1. The maximum absolute atomic E-state index is 14.1. The van der Waals surface area contributed by atoms with Gasteiger partial charge in [-0.15, -0.1) is 0 Å². The standard InChI is InChI=1S/C44H46F3N11O7/c45-44(46,47)37-31(53-39(61)32-24-65-41(54-32)27-15-18-50-34(21-27)52-22-25-7-8-25)23-57(56-37)28-11-9-26(10-12-28)38(60)51-17-3-1-2-16-48-19-20-49-30-6-4-5-29-36(30)43(64)58(42(29)63)33-13-14-35(59)55-40(33)62/h4-6,9-12,15,18,21,23-25,33,43,48-49,64H,1-3,7-8,13-14,16-17,19-20,22H2,(H,50,52)(H,51,60)(H,53,61)(H,55,59,62). The third kappa shape index (κ3) is 10.5. The lowest BCUT2D eigenvalue weighted by Crippen LogP contribution is -2.53. The average molecular weight is 898 g/mol. The van der Waals surface area contributed by atoms with Crippen molar-refractivity contribution in [2.24, 2.45) is 5.92 Å². The van der Waals surface area contributed by atoms with Gasteiger partial charge in [0.05, 0.1) is 17.6 Å². The number of hydrogen-bond acceptors (Lipinski definition) is 13. The maximum atomic E-state index is 14.1. The summed E-state index contributed by atoms with van der Waals surface area (Å²) in [7, 11) is 0. The van der Waals surface area contributed by atoms with Crippen molar-refractivity contribution in [1.29, 1.82) is 0 Å². The minimum atomic E-state index is -4.90. The molecule has 2 unspecified atom stereocenters. The van der Waals surface area contributed by atoms with Crippen LogP contribution in [0.1, 0.15) is 93.6 Å². The fraction of sp³-hybridized carbons (Fsp3) is 0.364. The number of piperidine rings is 1. The van der Waals surface area contributed by atoms with Gasteiger partial charge in [-0.2, -0.15) is 18.3 Å². The Balaban J connectivity index is 0.754. The number of pyridine rings is 1. The predicted octanol–water partition coefficient (Wildman–Crippen LogP) is 4.87. The van der Waals surface area contributed by atoms with Gasteiger partial charge in [0.1, 0.15) is 18.1 Å². The lowest BCUT2D eigenvalue weighted by Gasteiger charge is -2.32. The zero-order chi connectivity index (χ0) is 45.7. The smallest absolute Gasteiger partial charge is 0.437 e. The van der Waals surface area contributed by atoms with Gasteiger partial charge in [0.25, 0.3) is 17.7 Å². The number of unbranched alkanes of at least 4 members (excludes halogenated alkanes) is 2. The summed E-state index contributed by atoms with van der Waals surface area (Å²) in [5.74, 6) is -1.45. The number of carbonyl (C=O) groups is 5. The van der Waals surface area contributed by atoms with Gasteiger partial charge in [-0.3, -0.25) is 34.2 Å². The van der Waals surface area contributed by atoms with Gasteiger partial charge in [-0.1, -0.05) is 12.5 Å². The van der Waals surface area contributed by atoms with Gasteiger partial charge in [0, 0.05) is 66.7 Å². The largest absolute Gasteiger partial charge is 0.444 e. The van der Waals surface area contributed by atoms with Gasteiger partial charge in [-0.05, 0) is 93.1 Å². The Morgan fingerprint density at radius 3 is 2.48 bits per heavy atom. The molecule has 0 spiro atoms. The Labute approximate surface area is 369 Å². The number of alkyl halides is 3. The summed E-state index contributed by atoms with van der Waals surface area (Å²) < 4.78 is 48.6. The summed E-state index contributed by atoms with van der Waals surface area (Å²) in [6, 6.07) is 13.3. The van der Waals surface area contributed by atoms with Crippen LogP contribution >= 0.6 is 0 Å². The van der Waals surface area contributed by atoms with Gasteiger partial charge in [0.15, 0.2) is 17.6 Å². The quantitative estimate of drug-likeness (QED) is 0.0433. The molecule has 0 radical (unpaired) electrons. The first-order chi connectivity index (χ1) is 31.3. The monoisotopic (exact) mass is 897 g/mol. The number of aliphatic hydroxyl groups is 1. The number of halogens is 3. The normalized spacial score (nSPS) is 17.2. The zero-order valence-electron chi connectivity index (χ0n) is 34.9. The first-order valence-corrected chi connectivity index (χ1v) is 21.3. The Bertz CT molecular complexity index is 2570. The summed E-state index contributed by atoms with van der Waals surface area (Å²) in [5.41, 5.74) is 0.168. The van der Waals surface area contributed by atoms with Crippen LogP contribution in [0.15, 0.2) is 77.7 Å². The van der Waals surface area contributed by atoms with Gasteiger partial charge in [0.2, 0.25) is 17.7 Å². The topological polar surface area (TPSA) is 238 Å². The molecule has 2 aliphatic heterocycles. The van der Waals surface area contributed by atoms with Crippen molar-refractivity contribution in [2.45, 2.75) is 63.4 Å². The van der Waals surface area contributed by atoms with E-state index in [1.54, 1.807) is 36.5 Å². The molecule has 1 saturated carbocycles. The van der Waals surface area contributed by atoms with E-state index < -0.39 is 53.5 Å². The third-order valence-corrected chi connectivity index (χ3v) is 11.2. The predicted molar refractivity (Wildman–Crippen MR) is 229 cm³/mol. The van der Waals surface area contributed by atoms with Crippen molar-refractivity contribution in [1.82, 2.24) is 40.6 Å². The average Bonchev–Trinajstić information content (AvgIpc) is 3.68. The number of anilines is 3. The molecule has 5 amide bonds. The molecular formula is C44H46F3N11O7. The second kappa shape index (κ2) is 19.3. The van der Waals surface area contributed by atoms with Crippen LogP contribution in [0.4, 0.5) is 30.4 Å². The fourth-order valence-corrected chi connectivity index (χ4v) is 7.60. The molecule has 1 aliphatic carbocycles. The van der Waals surface area contributed by atoms with E-state index >= 15 is 0 Å². The number of nitrogens with zero attached hydrogens (tertiary/aromatic N) is 5. The molecule has 21 heteroatoms. The summed E-state index contributed by atoms with van der Waals surface area (Å²) >= 11 is 0. The van der Waals surface area contributed by atoms with Crippen molar-refractivity contribution in [3.8, 4) is 17.1 Å². The molecule has 2 atom stereocenters. The van der Waals surface area contributed by atoms with E-state index in [-0.39, 0.29) is 36.0 Å². The number of nitrogens with one attached hydrogen (secondary N) is 6. The molecule has 3 aromatic heterocycles. The highest BCUT2D eigenvalue weighted by atomic mass is 19.4. The van der Waals surface area contributed by atoms with Crippen LogP contribution in [0, 0.1) is 5.92 Å². The number of amides is 5. The van der Waals surface area contributed by atoms with Crippen LogP contribution < -0.4 is 31.9 Å². The first kappa shape index (κ1) is 44.5.